The van der Waals surface area contributed by atoms with Gasteiger partial charge in [0.05, 0.1) is 5.69 Å². The van der Waals surface area contributed by atoms with Crippen LogP contribution < -0.4 is 10.6 Å². The molecule has 108 valence electrons. The number of carbonyl (C=O) groups excluding carboxylic acids is 1. The molecular formula is C13H17N3O3S. The lowest BCUT2D eigenvalue weighted by atomic mass is 10.2. The number of carbonyl (C=O) groups is 2. The zero-order valence-corrected chi connectivity index (χ0v) is 11.9. The average molecular weight is 295 g/mol. The molecular weight excluding hydrogens is 278 g/mol. The number of nitrogens with one attached hydrogen (secondary N) is 2. The number of amides is 2. The van der Waals surface area contributed by atoms with Crippen molar-refractivity contribution in [3.63, 3.8) is 0 Å². The van der Waals surface area contributed by atoms with Crippen LogP contribution in [0.2, 0.25) is 0 Å². The molecule has 1 aliphatic carbocycles. The predicted octanol–water partition coefficient (Wildman–Crippen LogP) is 2.19. The number of urea groups is 1. The van der Waals surface area contributed by atoms with Crippen molar-refractivity contribution in [2.24, 2.45) is 0 Å². The zero-order chi connectivity index (χ0) is 14.5. The largest absolute Gasteiger partial charge is 0.476 e. The minimum absolute atomic E-state index is 0.134. The van der Waals surface area contributed by atoms with Gasteiger partial charge in [0.1, 0.15) is 0 Å². The average Bonchev–Trinajstić information content (AvgIpc) is 2.86. The number of rotatable bonds is 4. The van der Waals surface area contributed by atoms with E-state index in [0.29, 0.717) is 5.25 Å². The molecule has 0 aliphatic heterocycles. The van der Waals surface area contributed by atoms with Crippen molar-refractivity contribution in [1.29, 1.82) is 0 Å². The topological polar surface area (TPSA) is 91.3 Å². The van der Waals surface area contributed by atoms with Crippen molar-refractivity contribution in [2.75, 3.05) is 11.6 Å². The fourth-order valence-electron chi connectivity index (χ4n) is 2.38. The maximum absolute atomic E-state index is 12.0. The van der Waals surface area contributed by atoms with E-state index < -0.39 is 5.97 Å². The van der Waals surface area contributed by atoms with Crippen LogP contribution in [0.25, 0.3) is 0 Å². The Morgan fingerprint density at radius 2 is 2.25 bits per heavy atom. The SMILES string of the molecule is CSC1CCCC1NC(=O)Nc1cccnc1C(=O)O. The third-order valence-corrected chi connectivity index (χ3v) is 4.50. The Morgan fingerprint density at radius 3 is 2.95 bits per heavy atom. The molecule has 3 N–H and O–H groups in total. The highest BCUT2D eigenvalue weighted by molar-refractivity contribution is 7.99. The summed E-state index contributed by atoms with van der Waals surface area (Å²) in [6.07, 6.45) is 6.57. The van der Waals surface area contributed by atoms with Crippen molar-refractivity contribution < 1.29 is 14.7 Å². The summed E-state index contributed by atoms with van der Waals surface area (Å²) in [6.45, 7) is 0. The summed E-state index contributed by atoms with van der Waals surface area (Å²) in [6, 6.07) is 2.86. The van der Waals surface area contributed by atoms with E-state index in [-0.39, 0.29) is 23.5 Å². The van der Waals surface area contributed by atoms with Gasteiger partial charge >= 0.3 is 12.0 Å². The molecule has 20 heavy (non-hydrogen) atoms. The first-order valence-corrected chi connectivity index (χ1v) is 7.69. The first-order valence-electron chi connectivity index (χ1n) is 6.40. The molecule has 1 aliphatic rings. The molecule has 0 spiro atoms. The number of carboxylic acids is 1. The fourth-order valence-corrected chi connectivity index (χ4v) is 3.31. The molecule has 6 nitrogen and oxygen atoms in total. The maximum atomic E-state index is 12.0. The highest BCUT2D eigenvalue weighted by Crippen LogP contribution is 2.28. The molecule has 1 heterocycles. The Labute approximate surface area is 121 Å². The van der Waals surface area contributed by atoms with E-state index in [9.17, 15) is 9.59 Å². The molecule has 2 amide bonds. The van der Waals surface area contributed by atoms with E-state index in [2.05, 4.69) is 15.6 Å². The minimum Gasteiger partial charge on any atom is -0.476 e. The number of hydrogen-bond donors (Lipinski definition) is 3. The van der Waals surface area contributed by atoms with Crippen LogP contribution in [0.3, 0.4) is 0 Å². The summed E-state index contributed by atoms with van der Waals surface area (Å²) in [4.78, 5) is 26.7. The van der Waals surface area contributed by atoms with Crippen LogP contribution in [0.4, 0.5) is 10.5 Å². The number of aromatic carboxylic acids is 1. The van der Waals surface area contributed by atoms with Gasteiger partial charge in [0.25, 0.3) is 0 Å². The van der Waals surface area contributed by atoms with Crippen molar-refractivity contribution in [3.05, 3.63) is 24.0 Å². The van der Waals surface area contributed by atoms with Gasteiger partial charge in [-0.1, -0.05) is 6.42 Å². The number of nitrogens with zero attached hydrogens (tertiary/aromatic N) is 1. The molecule has 1 aromatic rings. The van der Waals surface area contributed by atoms with Crippen LogP contribution in [-0.4, -0.2) is 39.6 Å². The van der Waals surface area contributed by atoms with Crippen LogP contribution in [0.5, 0.6) is 0 Å². The second kappa shape index (κ2) is 6.60. The Kier molecular flexibility index (Phi) is 4.84. The molecule has 2 atom stereocenters. The summed E-state index contributed by atoms with van der Waals surface area (Å²) >= 11 is 1.75. The first kappa shape index (κ1) is 14.6. The lowest BCUT2D eigenvalue weighted by Crippen LogP contribution is -2.41. The standard InChI is InChI=1S/C13H17N3O3S/c1-20-10-6-2-4-8(10)15-13(19)16-9-5-3-7-14-11(9)12(17)18/h3,5,7-8,10H,2,4,6H2,1H3,(H,17,18)(H2,15,16,19). The van der Waals surface area contributed by atoms with E-state index in [0.717, 1.165) is 19.3 Å². The third-order valence-electron chi connectivity index (χ3n) is 3.33. The Bertz CT molecular complexity index is 509. The van der Waals surface area contributed by atoms with Gasteiger partial charge in [0.2, 0.25) is 0 Å². The van der Waals surface area contributed by atoms with Gasteiger partial charge in [-0.2, -0.15) is 11.8 Å². The lowest BCUT2D eigenvalue weighted by molar-refractivity contribution is 0.0692. The van der Waals surface area contributed by atoms with Gasteiger partial charge in [-0.15, -0.1) is 0 Å². The lowest BCUT2D eigenvalue weighted by Gasteiger charge is -2.19. The van der Waals surface area contributed by atoms with E-state index in [4.69, 9.17) is 5.11 Å². The molecule has 1 aromatic heterocycles. The maximum Gasteiger partial charge on any atom is 0.356 e. The summed E-state index contributed by atoms with van der Waals surface area (Å²) in [5.41, 5.74) is 0.0479. The number of carboxylic acid groups (broad SMARTS) is 1. The van der Waals surface area contributed by atoms with Crippen LogP contribution >= 0.6 is 11.8 Å². The first-order chi connectivity index (χ1) is 9.61. The Hall–Kier alpha value is -1.76. The van der Waals surface area contributed by atoms with Gasteiger partial charge in [0, 0.05) is 17.5 Å². The normalized spacial score (nSPS) is 21.4. The Balaban J connectivity index is 2.00. The molecule has 2 rings (SSSR count). The summed E-state index contributed by atoms with van der Waals surface area (Å²) < 4.78 is 0. The number of pyridine rings is 1. The summed E-state index contributed by atoms with van der Waals surface area (Å²) in [5, 5.41) is 14.9. The molecule has 0 aromatic carbocycles. The van der Waals surface area contributed by atoms with Crippen LogP contribution in [0.15, 0.2) is 18.3 Å². The monoisotopic (exact) mass is 295 g/mol. The Morgan fingerprint density at radius 1 is 1.45 bits per heavy atom. The molecule has 1 fully saturated rings. The fraction of sp³-hybridized carbons (Fsp3) is 0.462. The number of anilines is 1. The van der Waals surface area contributed by atoms with Gasteiger partial charge in [-0.25, -0.2) is 14.6 Å². The summed E-state index contributed by atoms with van der Waals surface area (Å²) in [7, 11) is 0. The summed E-state index contributed by atoms with van der Waals surface area (Å²) in [5.74, 6) is -1.16. The molecule has 2 unspecified atom stereocenters. The molecule has 0 radical (unpaired) electrons. The molecule has 0 saturated heterocycles. The van der Waals surface area contributed by atoms with Crippen molar-refractivity contribution >= 4 is 29.4 Å². The van der Waals surface area contributed by atoms with Crippen molar-refractivity contribution in [1.82, 2.24) is 10.3 Å². The minimum atomic E-state index is -1.16. The highest BCUT2D eigenvalue weighted by Gasteiger charge is 2.28. The second-order valence-corrected chi connectivity index (χ2v) is 5.69. The van der Waals surface area contributed by atoms with E-state index >= 15 is 0 Å². The second-order valence-electron chi connectivity index (χ2n) is 4.61. The van der Waals surface area contributed by atoms with E-state index in [1.54, 1.807) is 17.8 Å². The molecule has 0 bridgehead atoms. The van der Waals surface area contributed by atoms with Gasteiger partial charge in [0.15, 0.2) is 5.69 Å². The highest BCUT2D eigenvalue weighted by atomic mass is 32.2. The van der Waals surface area contributed by atoms with E-state index in [1.807, 2.05) is 6.26 Å². The van der Waals surface area contributed by atoms with Gasteiger partial charge in [-0.3, -0.25) is 0 Å². The van der Waals surface area contributed by atoms with E-state index in [1.165, 1.54) is 12.3 Å². The van der Waals surface area contributed by atoms with Gasteiger partial charge in [-0.05, 0) is 31.2 Å². The number of thioether (sulfide) groups is 1. The number of hydrogen-bond acceptors (Lipinski definition) is 4. The van der Waals surface area contributed by atoms with Gasteiger partial charge < -0.3 is 15.7 Å². The smallest absolute Gasteiger partial charge is 0.356 e. The third kappa shape index (κ3) is 3.41. The molecule has 7 heteroatoms. The quantitative estimate of drug-likeness (QED) is 0.792. The van der Waals surface area contributed by atoms with Crippen molar-refractivity contribution in [2.45, 2.75) is 30.6 Å². The molecule has 1 saturated carbocycles. The predicted molar refractivity (Wildman–Crippen MR) is 78.3 cm³/mol. The van der Waals surface area contributed by atoms with Crippen LogP contribution in [0.1, 0.15) is 29.8 Å². The number of aromatic nitrogens is 1. The zero-order valence-electron chi connectivity index (χ0n) is 11.1. The van der Waals surface area contributed by atoms with Crippen LogP contribution in [-0.2, 0) is 0 Å². The van der Waals surface area contributed by atoms with Crippen LogP contribution in [0, 0.1) is 0 Å². The van der Waals surface area contributed by atoms with Crippen molar-refractivity contribution in [3.8, 4) is 0 Å².